The number of benzene rings is 3. The highest BCUT2D eigenvalue weighted by Gasteiger charge is 2.35. The van der Waals surface area contributed by atoms with Crippen LogP contribution in [0, 0.1) is 0 Å². The van der Waals surface area contributed by atoms with Crippen molar-refractivity contribution in [1.29, 1.82) is 0 Å². The molecule has 9 heteroatoms. The van der Waals surface area contributed by atoms with E-state index in [1.165, 1.54) is 31.2 Å². The zero-order valence-corrected chi connectivity index (χ0v) is 20.6. The minimum absolute atomic E-state index is 0.0209. The number of carbonyl (C=O) groups is 5. The molecule has 1 fully saturated rings. The summed E-state index contributed by atoms with van der Waals surface area (Å²) in [5.74, 6) is -2.59. The van der Waals surface area contributed by atoms with Gasteiger partial charge in [0.2, 0.25) is 0 Å². The first-order valence-corrected chi connectivity index (χ1v) is 12.1. The van der Waals surface area contributed by atoms with Crippen molar-refractivity contribution in [1.82, 2.24) is 5.06 Å². The van der Waals surface area contributed by atoms with Crippen molar-refractivity contribution in [3.8, 4) is 11.1 Å². The number of nitrogens with zero attached hydrogens (tertiary/aromatic N) is 2. The van der Waals surface area contributed by atoms with E-state index in [-0.39, 0.29) is 36.8 Å². The number of anilines is 1. The molecule has 0 radical (unpaired) electrons. The Balaban J connectivity index is 1.36. The van der Waals surface area contributed by atoms with E-state index in [0.717, 1.165) is 27.2 Å². The lowest BCUT2D eigenvalue weighted by atomic mass is 9.98. The van der Waals surface area contributed by atoms with Gasteiger partial charge in [0.15, 0.2) is 5.78 Å². The number of hydrogen-bond acceptors (Lipinski definition) is 7. The number of ether oxygens (including phenoxy) is 1. The van der Waals surface area contributed by atoms with Crippen LogP contribution in [0.4, 0.5) is 10.5 Å². The third kappa shape index (κ3) is 4.78. The molecule has 0 spiro atoms. The van der Waals surface area contributed by atoms with Gasteiger partial charge in [0.05, 0.1) is 0 Å². The predicted molar refractivity (Wildman–Crippen MR) is 136 cm³/mol. The van der Waals surface area contributed by atoms with Crippen LogP contribution in [-0.2, 0) is 24.0 Å². The predicted octanol–water partition coefficient (Wildman–Crippen LogP) is 4.25. The molecule has 0 unspecified atom stereocenters. The summed E-state index contributed by atoms with van der Waals surface area (Å²) in [6, 6.07) is 21.9. The summed E-state index contributed by atoms with van der Waals surface area (Å²) in [5.41, 5.74) is 4.92. The van der Waals surface area contributed by atoms with Gasteiger partial charge in [0, 0.05) is 30.0 Å². The summed E-state index contributed by atoms with van der Waals surface area (Å²) in [5, 5.41) is 0.428. The van der Waals surface area contributed by atoms with Gasteiger partial charge in [-0.1, -0.05) is 48.5 Å². The Hall–Kier alpha value is -4.79. The third-order valence-electron chi connectivity index (χ3n) is 6.63. The lowest BCUT2D eigenvalue weighted by Crippen LogP contribution is -2.41. The maximum absolute atomic E-state index is 13.3. The summed E-state index contributed by atoms with van der Waals surface area (Å²) >= 11 is 0. The van der Waals surface area contributed by atoms with Gasteiger partial charge in [0.1, 0.15) is 13.2 Å². The van der Waals surface area contributed by atoms with Crippen LogP contribution in [-0.4, -0.2) is 47.9 Å². The van der Waals surface area contributed by atoms with Gasteiger partial charge in [0.25, 0.3) is 11.8 Å². The van der Waals surface area contributed by atoms with Crippen molar-refractivity contribution >= 4 is 35.3 Å². The number of hydrogen-bond donors (Lipinski definition) is 0. The molecule has 9 nitrogen and oxygen atoms in total. The van der Waals surface area contributed by atoms with Crippen molar-refractivity contribution in [3.05, 3.63) is 89.5 Å². The van der Waals surface area contributed by atoms with Crippen LogP contribution < -0.4 is 4.90 Å². The van der Waals surface area contributed by atoms with Crippen molar-refractivity contribution in [2.24, 2.45) is 0 Å². The van der Waals surface area contributed by atoms with Crippen LogP contribution in [0.5, 0.6) is 0 Å². The minimum Gasteiger partial charge on any atom is -0.448 e. The molecule has 3 amide bonds. The first kappa shape index (κ1) is 24.9. The van der Waals surface area contributed by atoms with E-state index in [1.807, 2.05) is 48.5 Å². The van der Waals surface area contributed by atoms with Crippen LogP contribution in [0.2, 0.25) is 0 Å². The molecule has 38 heavy (non-hydrogen) atoms. The topological polar surface area (TPSA) is 110 Å². The first-order chi connectivity index (χ1) is 18.3. The number of imide groups is 1. The zero-order chi connectivity index (χ0) is 26.8. The molecule has 1 saturated heterocycles. The number of ketones is 1. The van der Waals surface area contributed by atoms with E-state index < -0.39 is 30.4 Å². The van der Waals surface area contributed by atoms with E-state index in [1.54, 1.807) is 0 Å². The summed E-state index contributed by atoms with van der Waals surface area (Å²) in [6.45, 7) is 0.819. The highest BCUT2D eigenvalue weighted by molar-refractivity contribution is 6.02. The molecule has 3 aromatic carbocycles. The molecule has 1 aliphatic carbocycles. The highest BCUT2D eigenvalue weighted by atomic mass is 16.7. The fourth-order valence-electron chi connectivity index (χ4n) is 4.73. The Morgan fingerprint density at radius 2 is 1.39 bits per heavy atom. The van der Waals surface area contributed by atoms with Crippen molar-refractivity contribution in [3.63, 3.8) is 0 Å². The molecule has 0 atom stereocenters. The lowest BCUT2D eigenvalue weighted by molar-refractivity contribution is -0.196. The minimum atomic E-state index is -0.988. The fourth-order valence-corrected chi connectivity index (χ4v) is 4.73. The second-order valence-electron chi connectivity index (χ2n) is 9.04. The first-order valence-electron chi connectivity index (χ1n) is 12.1. The van der Waals surface area contributed by atoms with Crippen LogP contribution >= 0.6 is 0 Å². The van der Waals surface area contributed by atoms with E-state index in [2.05, 4.69) is 0 Å². The maximum Gasteiger partial charge on any atom is 0.414 e. The van der Waals surface area contributed by atoms with Gasteiger partial charge in [-0.25, -0.2) is 9.59 Å². The number of rotatable bonds is 7. The van der Waals surface area contributed by atoms with E-state index in [4.69, 9.17) is 9.57 Å². The largest absolute Gasteiger partial charge is 0.448 e. The smallest absolute Gasteiger partial charge is 0.414 e. The monoisotopic (exact) mass is 512 g/mol. The molecule has 0 aromatic heterocycles. The lowest BCUT2D eigenvalue weighted by Gasteiger charge is -2.23. The second-order valence-corrected chi connectivity index (χ2v) is 9.04. The average Bonchev–Trinajstić information content (AvgIpc) is 3.42. The summed E-state index contributed by atoms with van der Waals surface area (Å²) in [6.07, 6.45) is -0.915. The van der Waals surface area contributed by atoms with Gasteiger partial charge < -0.3 is 9.57 Å². The van der Waals surface area contributed by atoms with E-state index in [9.17, 15) is 24.0 Å². The van der Waals surface area contributed by atoms with Gasteiger partial charge in [-0.15, -0.1) is 5.06 Å². The third-order valence-corrected chi connectivity index (χ3v) is 6.63. The van der Waals surface area contributed by atoms with Crippen molar-refractivity contribution < 1.29 is 33.5 Å². The maximum atomic E-state index is 13.3. The summed E-state index contributed by atoms with van der Waals surface area (Å²) in [4.78, 5) is 67.4. The molecular weight excluding hydrogens is 488 g/mol. The van der Waals surface area contributed by atoms with Gasteiger partial charge in [-0.05, 0) is 53.4 Å². The summed E-state index contributed by atoms with van der Waals surface area (Å²) < 4.78 is 5.71. The normalized spacial score (nSPS) is 14.2. The Bertz CT molecular complexity index is 1390. The van der Waals surface area contributed by atoms with Gasteiger partial charge >= 0.3 is 12.1 Å². The van der Waals surface area contributed by atoms with Crippen LogP contribution in [0.1, 0.15) is 47.2 Å². The number of Topliss-reactive ketones (excluding diaryl/α,β-unsaturated/α-hetero) is 1. The molecular formula is C29H24N2O7. The van der Waals surface area contributed by atoms with Crippen LogP contribution in [0.15, 0.2) is 72.8 Å². The number of amides is 3. The molecule has 0 saturated carbocycles. The van der Waals surface area contributed by atoms with Gasteiger partial charge in [-0.2, -0.15) is 0 Å². The Morgan fingerprint density at radius 1 is 0.842 bits per heavy atom. The molecule has 3 aromatic rings. The molecule has 0 bridgehead atoms. The number of fused-ring (bicyclic) bond motifs is 3. The fraction of sp³-hybridized carbons (Fsp3) is 0.207. The molecule has 1 heterocycles. The standard InChI is InChI=1S/C29H24N2O7/c1-18(32)19-10-12-20(13-11-19)30(16-28(35)38-31-26(33)14-15-27(31)34)29(36)37-17-25-23-8-4-2-6-21(23)22-7-3-5-9-24(22)25/h2-13,25H,14-17H2,1H3. The molecule has 1 aliphatic heterocycles. The van der Waals surface area contributed by atoms with E-state index in [0.29, 0.717) is 10.6 Å². The van der Waals surface area contributed by atoms with Crippen molar-refractivity contribution in [2.75, 3.05) is 18.1 Å². The Kier molecular flexibility index (Phi) is 6.74. The zero-order valence-electron chi connectivity index (χ0n) is 20.6. The average molecular weight is 513 g/mol. The number of carbonyl (C=O) groups excluding carboxylic acids is 5. The van der Waals surface area contributed by atoms with E-state index >= 15 is 0 Å². The highest BCUT2D eigenvalue weighted by Crippen LogP contribution is 2.44. The second kappa shape index (κ2) is 10.3. The van der Waals surface area contributed by atoms with Crippen LogP contribution in [0.3, 0.4) is 0 Å². The van der Waals surface area contributed by atoms with Crippen LogP contribution in [0.25, 0.3) is 11.1 Å². The van der Waals surface area contributed by atoms with Crippen molar-refractivity contribution in [2.45, 2.75) is 25.7 Å². The SMILES string of the molecule is CC(=O)c1ccc(N(CC(=O)ON2C(=O)CCC2=O)C(=O)OCC2c3ccccc3-c3ccccc32)cc1. The Morgan fingerprint density at radius 3 is 1.95 bits per heavy atom. The van der Waals surface area contributed by atoms with Gasteiger partial charge in [-0.3, -0.25) is 19.3 Å². The number of hydroxylamine groups is 2. The summed E-state index contributed by atoms with van der Waals surface area (Å²) in [7, 11) is 0. The quantitative estimate of drug-likeness (QED) is 0.344. The molecule has 192 valence electrons. The Labute approximate surface area is 218 Å². The molecule has 2 aliphatic rings. The molecule has 0 N–H and O–H groups in total. The molecule has 5 rings (SSSR count).